The summed E-state index contributed by atoms with van der Waals surface area (Å²) >= 11 is 0. The molecule has 1 aromatic carbocycles. The summed E-state index contributed by atoms with van der Waals surface area (Å²) in [5.41, 5.74) is 2.14. The molecule has 0 bridgehead atoms. The fourth-order valence-electron chi connectivity index (χ4n) is 2.03. The van der Waals surface area contributed by atoms with E-state index in [9.17, 15) is 9.59 Å². The third-order valence-corrected chi connectivity index (χ3v) is 3.00. The van der Waals surface area contributed by atoms with Gasteiger partial charge in [-0.05, 0) is 12.5 Å². The molecule has 1 aromatic rings. The number of ether oxygens (including phenoxy) is 1. The van der Waals surface area contributed by atoms with Gasteiger partial charge in [0, 0.05) is 13.1 Å². The molecule has 2 rings (SSSR count). The van der Waals surface area contributed by atoms with Crippen LogP contribution < -0.4 is 5.32 Å². The highest BCUT2D eigenvalue weighted by Crippen LogP contribution is 2.05. The second-order valence-corrected chi connectivity index (χ2v) is 4.62. The lowest BCUT2D eigenvalue weighted by Gasteiger charge is -2.12. The number of cyclic esters (lactones) is 1. The summed E-state index contributed by atoms with van der Waals surface area (Å²) in [7, 11) is 0. The smallest absolute Gasteiger partial charge is 0.409 e. The minimum Gasteiger partial charge on any atom is -0.448 e. The van der Waals surface area contributed by atoms with Crippen LogP contribution in [0.1, 0.15) is 11.1 Å². The summed E-state index contributed by atoms with van der Waals surface area (Å²) in [5.74, 6) is -0.0295. The van der Waals surface area contributed by atoms with Gasteiger partial charge in [-0.1, -0.05) is 29.8 Å². The number of nitrogens with zero attached hydrogens (tertiary/aromatic N) is 1. The van der Waals surface area contributed by atoms with Gasteiger partial charge in [-0.2, -0.15) is 0 Å². The molecule has 0 saturated carbocycles. The van der Waals surface area contributed by atoms with Gasteiger partial charge >= 0.3 is 6.09 Å². The molecule has 0 unspecified atom stereocenters. The number of rotatable bonds is 5. The summed E-state index contributed by atoms with van der Waals surface area (Å²) in [6, 6.07) is 7.88. The maximum Gasteiger partial charge on any atom is 0.409 e. The molecule has 1 aliphatic rings. The van der Waals surface area contributed by atoms with Crippen LogP contribution in [0, 0.1) is 6.92 Å². The van der Waals surface area contributed by atoms with Crippen molar-refractivity contribution in [3.8, 4) is 0 Å². The Hall–Kier alpha value is -2.04. The highest BCUT2D eigenvalue weighted by atomic mass is 16.6. The minimum absolute atomic E-state index is 0.0295. The predicted octanol–water partition coefficient (Wildman–Crippen LogP) is 1.11. The molecule has 102 valence electrons. The normalized spacial score (nSPS) is 14.4. The van der Waals surface area contributed by atoms with E-state index in [1.807, 2.05) is 31.2 Å². The van der Waals surface area contributed by atoms with Gasteiger partial charge in [0.15, 0.2) is 0 Å². The van der Waals surface area contributed by atoms with Crippen molar-refractivity contribution >= 4 is 12.0 Å². The summed E-state index contributed by atoms with van der Waals surface area (Å²) in [5, 5.41) is 2.81. The van der Waals surface area contributed by atoms with Gasteiger partial charge in [-0.25, -0.2) is 4.79 Å². The number of amides is 2. The molecule has 0 spiro atoms. The monoisotopic (exact) mass is 262 g/mol. The van der Waals surface area contributed by atoms with Crippen LogP contribution >= 0.6 is 0 Å². The van der Waals surface area contributed by atoms with E-state index in [1.165, 1.54) is 0 Å². The average molecular weight is 262 g/mol. The quantitative estimate of drug-likeness (QED) is 0.864. The predicted molar refractivity (Wildman–Crippen MR) is 70.8 cm³/mol. The van der Waals surface area contributed by atoms with Gasteiger partial charge in [0.1, 0.15) is 6.61 Å². The lowest BCUT2D eigenvalue weighted by atomic mass is 10.1. The van der Waals surface area contributed by atoms with Crippen molar-refractivity contribution < 1.29 is 14.3 Å². The van der Waals surface area contributed by atoms with E-state index in [-0.39, 0.29) is 12.0 Å². The molecule has 1 heterocycles. The van der Waals surface area contributed by atoms with Gasteiger partial charge in [0.05, 0.1) is 13.0 Å². The summed E-state index contributed by atoms with van der Waals surface area (Å²) in [6.45, 7) is 4.00. The zero-order chi connectivity index (χ0) is 13.7. The highest BCUT2D eigenvalue weighted by Gasteiger charge is 2.21. The van der Waals surface area contributed by atoms with Gasteiger partial charge < -0.3 is 15.0 Å². The number of aryl methyl sites for hydroxylation is 1. The van der Waals surface area contributed by atoms with Crippen molar-refractivity contribution in [2.45, 2.75) is 13.3 Å². The van der Waals surface area contributed by atoms with Crippen molar-refractivity contribution in [3.63, 3.8) is 0 Å². The maximum atomic E-state index is 11.7. The van der Waals surface area contributed by atoms with Crippen LogP contribution in [0.3, 0.4) is 0 Å². The van der Waals surface area contributed by atoms with Crippen LogP contribution in [-0.2, 0) is 16.0 Å². The zero-order valence-corrected chi connectivity index (χ0v) is 11.0. The molecule has 1 saturated heterocycles. The Morgan fingerprint density at radius 1 is 1.47 bits per heavy atom. The highest BCUT2D eigenvalue weighted by molar-refractivity contribution is 5.78. The first-order chi connectivity index (χ1) is 9.15. The van der Waals surface area contributed by atoms with E-state index in [2.05, 4.69) is 5.32 Å². The molecular formula is C14H18N2O3. The Kier molecular flexibility index (Phi) is 4.39. The first-order valence-corrected chi connectivity index (χ1v) is 6.39. The SMILES string of the molecule is Cc1cccc(CC(=O)NCCN2CCOC2=O)c1. The number of nitrogens with one attached hydrogen (secondary N) is 1. The zero-order valence-electron chi connectivity index (χ0n) is 11.0. The van der Waals surface area contributed by atoms with Crippen LogP contribution in [0.5, 0.6) is 0 Å². The molecule has 0 aromatic heterocycles. The molecule has 2 amide bonds. The molecule has 1 fully saturated rings. The van der Waals surface area contributed by atoms with Crippen LogP contribution in [0.4, 0.5) is 4.79 Å². The minimum atomic E-state index is -0.298. The van der Waals surface area contributed by atoms with E-state index < -0.39 is 0 Å². The van der Waals surface area contributed by atoms with Crippen molar-refractivity contribution in [1.82, 2.24) is 10.2 Å². The van der Waals surface area contributed by atoms with Crippen molar-refractivity contribution in [2.75, 3.05) is 26.2 Å². The number of hydrogen-bond donors (Lipinski definition) is 1. The van der Waals surface area contributed by atoms with E-state index in [1.54, 1.807) is 4.90 Å². The Morgan fingerprint density at radius 3 is 3.00 bits per heavy atom. The molecule has 1 N–H and O–H groups in total. The van der Waals surface area contributed by atoms with Crippen molar-refractivity contribution in [1.29, 1.82) is 0 Å². The summed E-state index contributed by atoms with van der Waals surface area (Å²) in [4.78, 5) is 24.5. The van der Waals surface area contributed by atoms with Crippen LogP contribution in [0.15, 0.2) is 24.3 Å². The lowest BCUT2D eigenvalue weighted by Crippen LogP contribution is -2.36. The van der Waals surface area contributed by atoms with Crippen molar-refractivity contribution in [2.24, 2.45) is 0 Å². The van der Waals surface area contributed by atoms with Crippen LogP contribution in [0.2, 0.25) is 0 Å². The van der Waals surface area contributed by atoms with Crippen LogP contribution in [-0.4, -0.2) is 43.1 Å². The summed E-state index contributed by atoms with van der Waals surface area (Å²) < 4.78 is 4.81. The van der Waals surface area contributed by atoms with Crippen molar-refractivity contribution in [3.05, 3.63) is 35.4 Å². The fourth-order valence-corrected chi connectivity index (χ4v) is 2.03. The molecule has 5 heteroatoms. The summed E-state index contributed by atoms with van der Waals surface area (Å²) in [6.07, 6.45) is 0.0690. The second kappa shape index (κ2) is 6.22. The van der Waals surface area contributed by atoms with Gasteiger partial charge in [-0.15, -0.1) is 0 Å². The van der Waals surface area contributed by atoms with E-state index in [0.717, 1.165) is 11.1 Å². The third-order valence-electron chi connectivity index (χ3n) is 3.00. The molecular weight excluding hydrogens is 244 g/mol. The maximum absolute atomic E-state index is 11.7. The van der Waals surface area contributed by atoms with Gasteiger partial charge in [-0.3, -0.25) is 4.79 Å². The van der Waals surface area contributed by atoms with E-state index in [0.29, 0.717) is 32.7 Å². The standard InChI is InChI=1S/C14H18N2O3/c1-11-3-2-4-12(9-11)10-13(17)15-5-6-16-7-8-19-14(16)18/h2-4,9H,5-8,10H2,1H3,(H,15,17). The first-order valence-electron chi connectivity index (χ1n) is 6.39. The number of hydrogen-bond acceptors (Lipinski definition) is 3. The average Bonchev–Trinajstić information content (AvgIpc) is 2.75. The molecule has 0 radical (unpaired) electrons. The number of benzene rings is 1. The van der Waals surface area contributed by atoms with Gasteiger partial charge in [0.2, 0.25) is 5.91 Å². The Labute approximate surface area is 112 Å². The number of carbonyl (C=O) groups excluding carboxylic acids is 2. The molecule has 1 aliphatic heterocycles. The molecule has 0 atom stereocenters. The Morgan fingerprint density at radius 2 is 2.32 bits per heavy atom. The first kappa shape index (κ1) is 13.4. The Bertz CT molecular complexity index is 474. The van der Waals surface area contributed by atoms with E-state index in [4.69, 9.17) is 4.74 Å². The molecule has 5 nitrogen and oxygen atoms in total. The second-order valence-electron chi connectivity index (χ2n) is 4.62. The van der Waals surface area contributed by atoms with E-state index >= 15 is 0 Å². The number of carbonyl (C=O) groups is 2. The third kappa shape index (κ3) is 3.98. The fraction of sp³-hybridized carbons (Fsp3) is 0.429. The van der Waals surface area contributed by atoms with Gasteiger partial charge in [0.25, 0.3) is 0 Å². The Balaban J connectivity index is 1.71. The largest absolute Gasteiger partial charge is 0.448 e. The lowest BCUT2D eigenvalue weighted by molar-refractivity contribution is -0.120. The molecule has 0 aliphatic carbocycles. The topological polar surface area (TPSA) is 58.6 Å². The van der Waals surface area contributed by atoms with Crippen LogP contribution in [0.25, 0.3) is 0 Å². The molecule has 19 heavy (non-hydrogen) atoms.